The summed E-state index contributed by atoms with van der Waals surface area (Å²) in [5.74, 6) is -1.27. The van der Waals surface area contributed by atoms with Crippen LogP contribution in [0.3, 0.4) is 0 Å². The Kier molecular flexibility index (Phi) is 6.65. The van der Waals surface area contributed by atoms with E-state index in [-0.39, 0.29) is 5.82 Å². The van der Waals surface area contributed by atoms with E-state index < -0.39 is 28.5 Å². The number of nitrogens with zero attached hydrogens (tertiary/aromatic N) is 1. The molecule has 3 aromatic rings. The smallest absolute Gasteiger partial charge is 0.340 e. The first-order valence-electron chi connectivity index (χ1n) is 9.57. The minimum Gasteiger partial charge on any atom is -0.480 e. The van der Waals surface area contributed by atoms with E-state index in [4.69, 9.17) is 4.74 Å². The molecule has 0 fully saturated rings. The molecule has 8 nitrogen and oxygen atoms in total. The van der Waals surface area contributed by atoms with Crippen molar-refractivity contribution in [2.24, 2.45) is 0 Å². The van der Waals surface area contributed by atoms with E-state index in [0.717, 1.165) is 16.0 Å². The second-order valence-electron chi connectivity index (χ2n) is 7.59. The number of thioether (sulfide) groups is 1. The first-order chi connectivity index (χ1) is 14.6. The molecule has 0 saturated heterocycles. The van der Waals surface area contributed by atoms with Gasteiger partial charge < -0.3 is 9.84 Å². The maximum Gasteiger partial charge on any atom is 0.340 e. The van der Waals surface area contributed by atoms with Gasteiger partial charge in [-0.05, 0) is 50.6 Å². The van der Waals surface area contributed by atoms with E-state index in [9.17, 15) is 19.5 Å². The number of aromatic amines is 2. The number of carbonyl (C=O) groups excluding carboxylic acids is 1. The van der Waals surface area contributed by atoms with Gasteiger partial charge in [0, 0.05) is 11.3 Å². The van der Waals surface area contributed by atoms with E-state index >= 15 is 0 Å². The van der Waals surface area contributed by atoms with Gasteiger partial charge in [-0.3, -0.25) is 9.78 Å². The number of esters is 1. The van der Waals surface area contributed by atoms with E-state index in [0.29, 0.717) is 12.0 Å². The van der Waals surface area contributed by atoms with Gasteiger partial charge >= 0.3 is 17.6 Å². The quantitative estimate of drug-likeness (QED) is 0.361. The second kappa shape index (κ2) is 9.22. The maximum absolute atomic E-state index is 12.7. The van der Waals surface area contributed by atoms with Crippen LogP contribution in [-0.2, 0) is 16.0 Å². The Labute approximate surface area is 183 Å². The number of ether oxygens (including phenoxy) is 1. The molecule has 1 aromatic heterocycles. The van der Waals surface area contributed by atoms with E-state index in [1.807, 2.05) is 31.2 Å². The molecular formula is C22H23N3O5S. The van der Waals surface area contributed by atoms with Crippen LogP contribution in [0.4, 0.5) is 0 Å². The monoisotopic (exact) mass is 441 g/mol. The fourth-order valence-electron chi connectivity index (χ4n) is 2.76. The minimum atomic E-state index is -0.993. The molecule has 0 aliphatic rings. The number of rotatable bonds is 8. The normalized spacial score (nSPS) is 12.4. The standard InChI is InChI=1S/C22H23N3O5S/c1-13-4-6-14(7-5-13)12-17(18-23-21(29)25-24-18)30-19(26)15-8-10-16(11-9-15)31-22(2,3)20(27)28/h4-11,17H,12H2,1-3H3,(H,27,28)(H2,23,24,25,29). The Hall–Kier alpha value is -3.33. The van der Waals surface area contributed by atoms with Crippen molar-refractivity contribution in [3.05, 3.63) is 81.5 Å². The molecule has 0 amide bonds. The minimum absolute atomic E-state index is 0.231. The summed E-state index contributed by atoms with van der Waals surface area (Å²) >= 11 is 1.19. The fraction of sp³-hybridized carbons (Fsp3) is 0.273. The maximum atomic E-state index is 12.7. The molecule has 0 spiro atoms. The summed E-state index contributed by atoms with van der Waals surface area (Å²) in [4.78, 5) is 38.8. The average molecular weight is 442 g/mol. The van der Waals surface area contributed by atoms with Gasteiger partial charge in [0.1, 0.15) is 4.75 Å². The number of nitrogens with one attached hydrogen (secondary N) is 2. The summed E-state index contributed by atoms with van der Waals surface area (Å²) in [6, 6.07) is 14.3. The fourth-order valence-corrected chi connectivity index (χ4v) is 3.71. The van der Waals surface area contributed by atoms with Crippen LogP contribution < -0.4 is 5.69 Å². The topological polar surface area (TPSA) is 125 Å². The number of carboxylic acid groups (broad SMARTS) is 1. The molecule has 3 N–H and O–H groups in total. The number of aryl methyl sites for hydroxylation is 1. The summed E-state index contributed by atoms with van der Waals surface area (Å²) in [6.07, 6.45) is -0.442. The Balaban J connectivity index is 1.76. The van der Waals surface area contributed by atoms with Crippen LogP contribution in [0.15, 0.2) is 58.2 Å². The number of benzene rings is 2. The van der Waals surface area contributed by atoms with Crippen molar-refractivity contribution >= 4 is 23.7 Å². The highest BCUT2D eigenvalue weighted by Crippen LogP contribution is 2.33. The van der Waals surface area contributed by atoms with Gasteiger partial charge in [-0.15, -0.1) is 11.8 Å². The van der Waals surface area contributed by atoms with Gasteiger partial charge in [-0.1, -0.05) is 29.8 Å². The van der Waals surface area contributed by atoms with Crippen LogP contribution >= 0.6 is 11.8 Å². The highest BCUT2D eigenvalue weighted by atomic mass is 32.2. The van der Waals surface area contributed by atoms with Crippen molar-refractivity contribution in [3.63, 3.8) is 0 Å². The third-order valence-electron chi connectivity index (χ3n) is 4.59. The Morgan fingerprint density at radius 2 is 1.77 bits per heavy atom. The zero-order chi connectivity index (χ0) is 22.6. The largest absolute Gasteiger partial charge is 0.480 e. The third-order valence-corrected chi connectivity index (χ3v) is 5.79. The highest BCUT2D eigenvalue weighted by molar-refractivity contribution is 8.01. The number of carboxylic acids is 1. The molecule has 9 heteroatoms. The Morgan fingerprint density at radius 1 is 1.13 bits per heavy atom. The molecule has 0 radical (unpaired) electrons. The van der Waals surface area contributed by atoms with E-state index in [1.54, 1.807) is 38.1 Å². The molecule has 3 rings (SSSR count). The first kappa shape index (κ1) is 22.4. The zero-order valence-corrected chi connectivity index (χ0v) is 18.2. The number of hydrogen-bond donors (Lipinski definition) is 3. The van der Waals surface area contributed by atoms with Gasteiger partial charge in [-0.2, -0.15) is 5.10 Å². The lowest BCUT2D eigenvalue weighted by atomic mass is 10.1. The third kappa shape index (κ3) is 5.85. The number of aliphatic carboxylic acids is 1. The predicted octanol–water partition coefficient (Wildman–Crippen LogP) is 3.50. The van der Waals surface area contributed by atoms with Crippen LogP contribution in [0.1, 0.15) is 47.3 Å². The van der Waals surface area contributed by atoms with Crippen molar-refractivity contribution < 1.29 is 19.4 Å². The van der Waals surface area contributed by atoms with E-state index in [2.05, 4.69) is 15.2 Å². The molecule has 0 aliphatic heterocycles. The highest BCUT2D eigenvalue weighted by Gasteiger charge is 2.28. The van der Waals surface area contributed by atoms with Gasteiger partial charge in [0.2, 0.25) is 0 Å². The summed E-state index contributed by atoms with van der Waals surface area (Å²) < 4.78 is 4.66. The van der Waals surface area contributed by atoms with Crippen LogP contribution in [0.5, 0.6) is 0 Å². The van der Waals surface area contributed by atoms with Crippen molar-refractivity contribution in [2.45, 2.75) is 42.9 Å². The molecular weight excluding hydrogens is 418 g/mol. The second-order valence-corrected chi connectivity index (χ2v) is 9.28. The molecule has 31 heavy (non-hydrogen) atoms. The molecule has 0 bridgehead atoms. The molecule has 1 heterocycles. The van der Waals surface area contributed by atoms with Crippen molar-refractivity contribution in [1.29, 1.82) is 0 Å². The van der Waals surface area contributed by atoms with Crippen molar-refractivity contribution in [2.75, 3.05) is 0 Å². The van der Waals surface area contributed by atoms with Crippen LogP contribution in [0.25, 0.3) is 0 Å². The molecule has 162 valence electrons. The van der Waals surface area contributed by atoms with Gasteiger partial charge in [-0.25, -0.2) is 14.7 Å². The first-order valence-corrected chi connectivity index (χ1v) is 10.4. The SMILES string of the molecule is Cc1ccc(CC(OC(=O)c2ccc(SC(C)(C)C(=O)O)cc2)c2n[nH]c(=O)[nH]2)cc1. The zero-order valence-electron chi connectivity index (χ0n) is 17.3. The molecule has 1 unspecified atom stereocenters. The summed E-state index contributed by atoms with van der Waals surface area (Å²) in [5.41, 5.74) is 1.86. The average Bonchev–Trinajstić information content (AvgIpc) is 3.15. The van der Waals surface area contributed by atoms with Crippen LogP contribution in [0, 0.1) is 6.92 Å². The lowest BCUT2D eigenvalue weighted by molar-refractivity contribution is -0.138. The van der Waals surface area contributed by atoms with Crippen molar-refractivity contribution in [1.82, 2.24) is 15.2 Å². The molecule has 1 atom stereocenters. The molecule has 0 aliphatic carbocycles. The molecule has 0 saturated carbocycles. The van der Waals surface area contributed by atoms with Gasteiger partial charge in [0.25, 0.3) is 0 Å². The number of hydrogen-bond acceptors (Lipinski definition) is 6. The summed E-state index contributed by atoms with van der Waals surface area (Å²) in [5, 5.41) is 15.5. The Bertz CT molecular complexity index is 1120. The van der Waals surface area contributed by atoms with Crippen molar-refractivity contribution in [3.8, 4) is 0 Å². The lowest BCUT2D eigenvalue weighted by Gasteiger charge is -2.18. The number of aromatic nitrogens is 3. The summed E-state index contributed by atoms with van der Waals surface area (Å²) in [7, 11) is 0. The summed E-state index contributed by atoms with van der Waals surface area (Å²) in [6.45, 7) is 5.21. The predicted molar refractivity (Wildman–Crippen MR) is 116 cm³/mol. The Morgan fingerprint density at radius 3 is 2.32 bits per heavy atom. The molecule has 2 aromatic carbocycles. The van der Waals surface area contributed by atoms with Crippen LogP contribution in [-0.4, -0.2) is 37.0 Å². The van der Waals surface area contributed by atoms with Gasteiger partial charge in [0.05, 0.1) is 5.56 Å². The number of carbonyl (C=O) groups is 2. The lowest BCUT2D eigenvalue weighted by Crippen LogP contribution is -2.26. The van der Waals surface area contributed by atoms with Gasteiger partial charge in [0.15, 0.2) is 11.9 Å². The van der Waals surface area contributed by atoms with E-state index in [1.165, 1.54) is 11.8 Å². The van der Waals surface area contributed by atoms with Crippen LogP contribution in [0.2, 0.25) is 0 Å². The number of H-pyrrole nitrogens is 2.